The molecule has 0 saturated heterocycles. The monoisotopic (exact) mass is 356 g/mol. The molecule has 4 rings (SSSR count). The van der Waals surface area contributed by atoms with Gasteiger partial charge < -0.3 is 15.0 Å². The van der Waals surface area contributed by atoms with Gasteiger partial charge in [0.25, 0.3) is 5.91 Å². The van der Waals surface area contributed by atoms with Gasteiger partial charge in [-0.3, -0.25) is 4.79 Å². The summed E-state index contributed by atoms with van der Waals surface area (Å²) < 4.78 is 1.96. The minimum absolute atomic E-state index is 0.0412. The summed E-state index contributed by atoms with van der Waals surface area (Å²) in [4.78, 5) is 24.1. The van der Waals surface area contributed by atoms with Crippen molar-refractivity contribution >= 4 is 28.5 Å². The topological polar surface area (TPSA) is 71.3 Å². The summed E-state index contributed by atoms with van der Waals surface area (Å²) in [5, 5.41) is 13.3. The summed E-state index contributed by atoms with van der Waals surface area (Å²) in [5.41, 5.74) is 2.53. The third-order valence-corrected chi connectivity index (χ3v) is 4.40. The molecule has 1 heterocycles. The van der Waals surface area contributed by atoms with Crippen LogP contribution in [0.4, 0.5) is 5.69 Å². The van der Waals surface area contributed by atoms with Gasteiger partial charge in [0.15, 0.2) is 0 Å². The number of aromatic carboxylic acids is 1. The number of carbonyl (C=O) groups excluding carboxylic acids is 1. The Hall–Kier alpha value is -3.86. The predicted octanol–water partition coefficient (Wildman–Crippen LogP) is 4.58. The minimum Gasteiger partial charge on any atom is -0.478 e. The molecule has 0 atom stereocenters. The first kappa shape index (κ1) is 16.6. The standard InChI is InChI=1S/C22H16N2O3/c25-21(16-7-2-1-3-8-16)23-19-14-17(10-11-18(19)22(26)27)24-13-12-15-6-4-5-9-20(15)24/h1-14H,(H,23,25)(H,26,27). The van der Waals surface area contributed by atoms with Crippen molar-refractivity contribution in [3.63, 3.8) is 0 Å². The van der Waals surface area contributed by atoms with Gasteiger partial charge >= 0.3 is 5.97 Å². The third-order valence-electron chi connectivity index (χ3n) is 4.40. The average Bonchev–Trinajstić information content (AvgIpc) is 3.12. The number of para-hydroxylation sites is 1. The van der Waals surface area contributed by atoms with Crippen molar-refractivity contribution in [2.45, 2.75) is 0 Å². The number of hydrogen-bond acceptors (Lipinski definition) is 2. The first-order chi connectivity index (χ1) is 13.1. The van der Waals surface area contributed by atoms with Crippen molar-refractivity contribution in [3.8, 4) is 5.69 Å². The molecule has 0 aliphatic carbocycles. The smallest absolute Gasteiger partial charge is 0.337 e. The second-order valence-electron chi connectivity index (χ2n) is 6.10. The van der Waals surface area contributed by atoms with Crippen molar-refractivity contribution in [2.75, 3.05) is 5.32 Å². The minimum atomic E-state index is -1.10. The van der Waals surface area contributed by atoms with Crippen LogP contribution in [-0.4, -0.2) is 21.6 Å². The van der Waals surface area contributed by atoms with Crippen molar-refractivity contribution in [2.24, 2.45) is 0 Å². The number of amides is 1. The zero-order valence-electron chi connectivity index (χ0n) is 14.3. The summed E-state index contributed by atoms with van der Waals surface area (Å²) >= 11 is 0. The van der Waals surface area contributed by atoms with Crippen LogP contribution in [0.25, 0.3) is 16.6 Å². The molecule has 0 bridgehead atoms. The maximum atomic E-state index is 12.5. The number of nitrogens with one attached hydrogen (secondary N) is 1. The van der Waals surface area contributed by atoms with E-state index in [9.17, 15) is 14.7 Å². The van der Waals surface area contributed by atoms with Crippen LogP contribution in [0.1, 0.15) is 20.7 Å². The van der Waals surface area contributed by atoms with Crippen LogP contribution in [0.15, 0.2) is 85.1 Å². The Balaban J connectivity index is 1.77. The molecule has 0 radical (unpaired) electrons. The maximum Gasteiger partial charge on any atom is 0.337 e. The predicted molar refractivity (Wildman–Crippen MR) is 105 cm³/mol. The zero-order chi connectivity index (χ0) is 18.8. The molecular formula is C22H16N2O3. The molecular weight excluding hydrogens is 340 g/mol. The number of carbonyl (C=O) groups is 2. The van der Waals surface area contributed by atoms with E-state index in [0.29, 0.717) is 5.56 Å². The van der Waals surface area contributed by atoms with Gasteiger partial charge in [-0.1, -0.05) is 36.4 Å². The Morgan fingerprint density at radius 3 is 2.37 bits per heavy atom. The van der Waals surface area contributed by atoms with Gasteiger partial charge in [-0.15, -0.1) is 0 Å². The third kappa shape index (κ3) is 3.18. The molecule has 132 valence electrons. The number of rotatable bonds is 4. The molecule has 3 aromatic carbocycles. The van der Waals surface area contributed by atoms with E-state index in [4.69, 9.17) is 0 Å². The first-order valence-corrected chi connectivity index (χ1v) is 8.44. The lowest BCUT2D eigenvalue weighted by Gasteiger charge is -2.12. The second kappa shape index (κ2) is 6.80. The lowest BCUT2D eigenvalue weighted by Crippen LogP contribution is -2.15. The Bertz CT molecular complexity index is 1150. The number of carboxylic acids is 1. The molecule has 0 fully saturated rings. The summed E-state index contributed by atoms with van der Waals surface area (Å²) in [7, 11) is 0. The van der Waals surface area contributed by atoms with Crippen LogP contribution in [0.2, 0.25) is 0 Å². The van der Waals surface area contributed by atoms with Crippen molar-refractivity contribution < 1.29 is 14.7 Å². The van der Waals surface area contributed by atoms with E-state index in [-0.39, 0.29) is 17.2 Å². The molecule has 0 spiro atoms. The van der Waals surface area contributed by atoms with E-state index >= 15 is 0 Å². The van der Waals surface area contributed by atoms with Gasteiger partial charge in [-0.05, 0) is 47.9 Å². The summed E-state index contributed by atoms with van der Waals surface area (Å²) in [5.74, 6) is -1.45. The molecule has 5 heteroatoms. The number of benzene rings is 3. The molecule has 0 unspecified atom stereocenters. The normalized spacial score (nSPS) is 10.7. The highest BCUT2D eigenvalue weighted by atomic mass is 16.4. The molecule has 0 saturated carbocycles. The molecule has 27 heavy (non-hydrogen) atoms. The maximum absolute atomic E-state index is 12.5. The Labute approximate surface area is 155 Å². The SMILES string of the molecule is O=C(Nc1cc(-n2ccc3ccccc32)ccc1C(=O)O)c1ccccc1. The Kier molecular flexibility index (Phi) is 4.18. The van der Waals surface area contributed by atoms with Crippen molar-refractivity contribution in [1.29, 1.82) is 0 Å². The number of aromatic nitrogens is 1. The van der Waals surface area contributed by atoms with Crippen LogP contribution in [0.3, 0.4) is 0 Å². The van der Waals surface area contributed by atoms with E-state index in [0.717, 1.165) is 16.6 Å². The van der Waals surface area contributed by atoms with Gasteiger partial charge in [0.2, 0.25) is 0 Å². The largest absolute Gasteiger partial charge is 0.478 e. The lowest BCUT2D eigenvalue weighted by molar-refractivity contribution is 0.0698. The van der Waals surface area contributed by atoms with Crippen molar-refractivity contribution in [3.05, 3.63) is 96.2 Å². The van der Waals surface area contributed by atoms with Gasteiger partial charge in [-0.25, -0.2) is 4.79 Å². The van der Waals surface area contributed by atoms with E-state index < -0.39 is 5.97 Å². The summed E-state index contributed by atoms with van der Waals surface area (Å²) in [6.07, 6.45) is 1.92. The number of hydrogen-bond donors (Lipinski definition) is 2. The zero-order valence-corrected chi connectivity index (χ0v) is 14.3. The van der Waals surface area contributed by atoms with Crippen LogP contribution in [-0.2, 0) is 0 Å². The molecule has 4 aromatic rings. The fraction of sp³-hybridized carbons (Fsp3) is 0. The number of nitrogens with zero attached hydrogens (tertiary/aromatic N) is 1. The highest BCUT2D eigenvalue weighted by molar-refractivity contribution is 6.08. The average molecular weight is 356 g/mol. The molecule has 0 aliphatic heterocycles. The molecule has 5 nitrogen and oxygen atoms in total. The highest BCUT2D eigenvalue weighted by Crippen LogP contribution is 2.25. The van der Waals surface area contributed by atoms with E-state index in [2.05, 4.69) is 5.32 Å². The number of fused-ring (bicyclic) bond motifs is 1. The quantitative estimate of drug-likeness (QED) is 0.562. The Morgan fingerprint density at radius 2 is 1.59 bits per heavy atom. The molecule has 1 amide bonds. The first-order valence-electron chi connectivity index (χ1n) is 8.44. The summed E-state index contributed by atoms with van der Waals surface area (Å²) in [6, 6.07) is 23.5. The molecule has 2 N–H and O–H groups in total. The van der Waals surface area contributed by atoms with E-state index in [1.165, 1.54) is 6.07 Å². The van der Waals surface area contributed by atoms with Gasteiger partial charge in [0.05, 0.1) is 16.8 Å². The van der Waals surface area contributed by atoms with Crippen molar-refractivity contribution in [1.82, 2.24) is 4.57 Å². The highest BCUT2D eigenvalue weighted by Gasteiger charge is 2.15. The molecule has 0 aliphatic rings. The second-order valence-corrected chi connectivity index (χ2v) is 6.10. The van der Waals surface area contributed by atoms with E-state index in [1.54, 1.807) is 36.4 Å². The van der Waals surface area contributed by atoms with Crippen LogP contribution < -0.4 is 5.32 Å². The fourth-order valence-corrected chi connectivity index (χ4v) is 3.06. The molecule has 1 aromatic heterocycles. The number of anilines is 1. The lowest BCUT2D eigenvalue weighted by atomic mass is 10.1. The fourth-order valence-electron chi connectivity index (χ4n) is 3.06. The van der Waals surface area contributed by atoms with Crippen LogP contribution in [0, 0.1) is 0 Å². The van der Waals surface area contributed by atoms with Gasteiger partial charge in [0, 0.05) is 17.4 Å². The van der Waals surface area contributed by atoms with Crippen LogP contribution >= 0.6 is 0 Å². The van der Waals surface area contributed by atoms with Gasteiger partial charge in [0.1, 0.15) is 0 Å². The van der Waals surface area contributed by atoms with Crippen LogP contribution in [0.5, 0.6) is 0 Å². The number of carboxylic acid groups (broad SMARTS) is 1. The van der Waals surface area contributed by atoms with Gasteiger partial charge in [-0.2, -0.15) is 0 Å². The Morgan fingerprint density at radius 1 is 0.852 bits per heavy atom. The summed E-state index contributed by atoms with van der Waals surface area (Å²) in [6.45, 7) is 0. The van der Waals surface area contributed by atoms with E-state index in [1.807, 2.05) is 47.2 Å².